The molecule has 3 rings (SSSR count). The fourth-order valence-electron chi connectivity index (χ4n) is 2.09. The van der Waals surface area contributed by atoms with Gasteiger partial charge in [-0.25, -0.2) is 4.98 Å². The molecule has 7 heteroatoms. The third kappa shape index (κ3) is 2.08. The third-order valence-electron chi connectivity index (χ3n) is 3.02. The largest absolute Gasteiger partial charge is 0.396 e. The normalized spacial score (nSPS) is 16.0. The Morgan fingerprint density at radius 1 is 1.17 bits per heavy atom. The van der Waals surface area contributed by atoms with Crippen molar-refractivity contribution in [3.63, 3.8) is 0 Å². The summed E-state index contributed by atoms with van der Waals surface area (Å²) in [6.07, 6.45) is 1.78. The van der Waals surface area contributed by atoms with Gasteiger partial charge in [0.2, 0.25) is 5.13 Å². The van der Waals surface area contributed by atoms with E-state index < -0.39 is 0 Å². The molecule has 1 aliphatic rings. The molecule has 0 atom stereocenters. The molecule has 0 bridgehead atoms. The number of nitrogen functional groups attached to an aromatic ring is 1. The van der Waals surface area contributed by atoms with Gasteiger partial charge < -0.3 is 15.5 Å². The van der Waals surface area contributed by atoms with Gasteiger partial charge in [0.15, 0.2) is 5.82 Å². The zero-order valence-electron chi connectivity index (χ0n) is 9.86. The first-order valence-corrected chi connectivity index (χ1v) is 6.69. The fourth-order valence-corrected chi connectivity index (χ4v) is 2.70. The van der Waals surface area contributed by atoms with Crippen LogP contribution in [0.3, 0.4) is 0 Å². The lowest BCUT2D eigenvalue weighted by Crippen LogP contribution is -2.47. The summed E-state index contributed by atoms with van der Waals surface area (Å²) in [5, 5.41) is 8.95. The maximum Gasteiger partial charge on any atom is 0.208 e. The second-order valence-corrected chi connectivity index (χ2v) is 4.92. The number of hydrogen-bond donors (Lipinski definition) is 1. The smallest absolute Gasteiger partial charge is 0.208 e. The van der Waals surface area contributed by atoms with Gasteiger partial charge in [-0.05, 0) is 12.1 Å². The van der Waals surface area contributed by atoms with Gasteiger partial charge in [0.1, 0.15) is 5.51 Å². The molecular formula is C11H14N6S. The van der Waals surface area contributed by atoms with Crippen molar-refractivity contribution in [2.75, 3.05) is 41.7 Å². The van der Waals surface area contributed by atoms with E-state index in [1.807, 2.05) is 12.1 Å². The second-order valence-electron chi connectivity index (χ2n) is 4.11. The highest BCUT2D eigenvalue weighted by Gasteiger charge is 2.20. The quantitative estimate of drug-likeness (QED) is 0.865. The van der Waals surface area contributed by atoms with Crippen LogP contribution in [0.15, 0.2) is 23.8 Å². The fraction of sp³-hybridized carbons (Fsp3) is 0.364. The lowest BCUT2D eigenvalue weighted by molar-refractivity contribution is 0.644. The molecule has 0 aliphatic carbocycles. The van der Waals surface area contributed by atoms with Gasteiger partial charge in [-0.2, -0.15) is 0 Å². The lowest BCUT2D eigenvalue weighted by Gasteiger charge is -2.35. The van der Waals surface area contributed by atoms with Gasteiger partial charge in [0.25, 0.3) is 0 Å². The van der Waals surface area contributed by atoms with E-state index >= 15 is 0 Å². The molecular weight excluding hydrogens is 248 g/mol. The summed E-state index contributed by atoms with van der Waals surface area (Å²) in [4.78, 5) is 8.81. The Balaban J connectivity index is 1.69. The van der Waals surface area contributed by atoms with E-state index in [4.69, 9.17) is 5.73 Å². The van der Waals surface area contributed by atoms with Gasteiger partial charge >= 0.3 is 0 Å². The van der Waals surface area contributed by atoms with Crippen LogP contribution in [-0.2, 0) is 0 Å². The summed E-state index contributed by atoms with van der Waals surface area (Å²) in [5.41, 5.74) is 8.44. The number of nitrogens with zero attached hydrogens (tertiary/aromatic N) is 5. The first-order chi connectivity index (χ1) is 8.84. The van der Waals surface area contributed by atoms with Crippen LogP contribution in [0.1, 0.15) is 0 Å². The van der Waals surface area contributed by atoms with Crippen molar-refractivity contribution in [1.82, 2.24) is 15.2 Å². The summed E-state index contributed by atoms with van der Waals surface area (Å²) in [5.74, 6) is 0.884. The first-order valence-electron chi connectivity index (χ1n) is 5.81. The minimum atomic E-state index is 0.738. The molecule has 1 fully saturated rings. The van der Waals surface area contributed by atoms with E-state index in [0.717, 1.165) is 42.8 Å². The summed E-state index contributed by atoms with van der Waals surface area (Å²) in [7, 11) is 0. The third-order valence-corrected chi connectivity index (χ3v) is 3.77. The van der Waals surface area contributed by atoms with Gasteiger partial charge in [-0.1, -0.05) is 11.3 Å². The zero-order valence-corrected chi connectivity index (χ0v) is 10.7. The molecule has 0 aromatic carbocycles. The maximum atomic E-state index is 5.94. The Bertz CT molecular complexity index is 506. The molecule has 0 saturated carbocycles. The van der Waals surface area contributed by atoms with Gasteiger partial charge in [0.05, 0.1) is 5.69 Å². The summed E-state index contributed by atoms with van der Waals surface area (Å²) in [6.45, 7) is 3.65. The van der Waals surface area contributed by atoms with E-state index in [2.05, 4.69) is 25.0 Å². The number of rotatable bonds is 2. The molecule has 3 heterocycles. The summed E-state index contributed by atoms with van der Waals surface area (Å²) < 4.78 is 0. The van der Waals surface area contributed by atoms with E-state index in [-0.39, 0.29) is 0 Å². The van der Waals surface area contributed by atoms with Crippen LogP contribution in [0.2, 0.25) is 0 Å². The van der Waals surface area contributed by atoms with Crippen LogP contribution >= 0.6 is 11.3 Å². The van der Waals surface area contributed by atoms with Crippen LogP contribution in [0, 0.1) is 0 Å². The van der Waals surface area contributed by atoms with Crippen LogP contribution in [0.4, 0.5) is 16.6 Å². The first kappa shape index (κ1) is 11.2. The van der Waals surface area contributed by atoms with Crippen molar-refractivity contribution < 1.29 is 0 Å². The number of piperazine rings is 1. The minimum Gasteiger partial charge on any atom is -0.396 e. The van der Waals surface area contributed by atoms with Crippen molar-refractivity contribution in [3.8, 4) is 0 Å². The topological polar surface area (TPSA) is 71.2 Å². The monoisotopic (exact) mass is 262 g/mol. The Labute approximate surface area is 109 Å². The maximum absolute atomic E-state index is 5.94. The molecule has 0 radical (unpaired) electrons. The Hall–Kier alpha value is -1.89. The predicted molar refractivity (Wildman–Crippen MR) is 73.0 cm³/mol. The van der Waals surface area contributed by atoms with Crippen LogP contribution in [0.5, 0.6) is 0 Å². The zero-order chi connectivity index (χ0) is 12.4. The van der Waals surface area contributed by atoms with E-state index in [1.54, 1.807) is 23.0 Å². The number of anilines is 3. The highest BCUT2D eigenvalue weighted by molar-refractivity contribution is 7.13. The molecule has 2 aromatic heterocycles. The number of hydrogen-bond acceptors (Lipinski definition) is 7. The average Bonchev–Trinajstić information content (AvgIpc) is 2.94. The van der Waals surface area contributed by atoms with Crippen molar-refractivity contribution >= 4 is 28.0 Å². The molecule has 0 amide bonds. The molecule has 0 unspecified atom stereocenters. The number of nitrogens with two attached hydrogens (primary N) is 1. The Kier molecular flexibility index (Phi) is 2.97. The van der Waals surface area contributed by atoms with Crippen molar-refractivity contribution in [3.05, 3.63) is 23.8 Å². The van der Waals surface area contributed by atoms with Crippen molar-refractivity contribution in [2.45, 2.75) is 0 Å². The van der Waals surface area contributed by atoms with Crippen molar-refractivity contribution in [2.24, 2.45) is 0 Å². The molecule has 2 N–H and O–H groups in total. The summed E-state index contributed by atoms with van der Waals surface area (Å²) in [6, 6.07) is 3.75. The van der Waals surface area contributed by atoms with Crippen LogP contribution in [-0.4, -0.2) is 41.4 Å². The van der Waals surface area contributed by atoms with E-state index in [0.29, 0.717) is 0 Å². The van der Waals surface area contributed by atoms with Crippen LogP contribution < -0.4 is 15.5 Å². The van der Waals surface area contributed by atoms with E-state index in [1.165, 1.54) is 0 Å². The molecule has 1 aliphatic heterocycles. The van der Waals surface area contributed by atoms with Gasteiger partial charge in [-0.3, -0.25) is 0 Å². The number of aromatic nitrogens is 3. The Morgan fingerprint density at radius 3 is 2.61 bits per heavy atom. The standard InChI is InChI=1S/C11H14N6S/c12-9-2-1-3-13-10(9)16-4-6-17(7-5-16)11-15-14-8-18-11/h1-3,8H,4-7,12H2. The second kappa shape index (κ2) is 4.77. The van der Waals surface area contributed by atoms with Gasteiger partial charge in [0, 0.05) is 32.4 Å². The lowest BCUT2D eigenvalue weighted by atomic mass is 10.3. The van der Waals surface area contributed by atoms with Crippen molar-refractivity contribution in [1.29, 1.82) is 0 Å². The predicted octanol–water partition coefficient (Wildman–Crippen LogP) is 0.842. The summed E-state index contributed by atoms with van der Waals surface area (Å²) >= 11 is 1.57. The highest BCUT2D eigenvalue weighted by atomic mass is 32.1. The molecule has 94 valence electrons. The highest BCUT2D eigenvalue weighted by Crippen LogP contribution is 2.23. The van der Waals surface area contributed by atoms with Gasteiger partial charge in [-0.15, -0.1) is 10.2 Å². The van der Waals surface area contributed by atoms with Crippen LogP contribution in [0.25, 0.3) is 0 Å². The molecule has 6 nitrogen and oxygen atoms in total. The molecule has 1 saturated heterocycles. The SMILES string of the molecule is Nc1cccnc1N1CCN(c2nncs2)CC1. The number of pyridine rings is 1. The molecule has 18 heavy (non-hydrogen) atoms. The van der Waals surface area contributed by atoms with E-state index in [9.17, 15) is 0 Å². The average molecular weight is 262 g/mol. The molecule has 0 spiro atoms. The molecule has 2 aromatic rings. The minimum absolute atomic E-state index is 0.738. The Morgan fingerprint density at radius 2 is 1.94 bits per heavy atom.